The van der Waals surface area contributed by atoms with Crippen molar-refractivity contribution >= 4 is 64.8 Å². The average molecular weight is 699 g/mol. The molecule has 0 N–H and O–H groups in total. The van der Waals surface area contributed by atoms with Gasteiger partial charge in [-0.25, -0.2) is 16.8 Å². The minimum Gasteiger partial charge on any atom is -0.268 e. The van der Waals surface area contributed by atoms with E-state index in [9.17, 15) is 26.4 Å². The van der Waals surface area contributed by atoms with Crippen molar-refractivity contribution in [3.63, 3.8) is 0 Å². The zero-order valence-corrected chi connectivity index (χ0v) is 27.7. The summed E-state index contributed by atoms with van der Waals surface area (Å²) in [6, 6.07) is 34.3. The van der Waals surface area contributed by atoms with Crippen LogP contribution in [0.5, 0.6) is 0 Å². The molecule has 2 aromatic heterocycles. The number of carbonyl (C=O) groups excluding carboxylic acids is 2. The molecule has 0 bridgehead atoms. The molecule has 2 heterocycles. The van der Waals surface area contributed by atoms with Crippen molar-refractivity contribution in [2.45, 2.75) is 9.79 Å². The number of nitrogens with zero attached hydrogens (tertiary/aromatic N) is 4. The number of pyridine rings is 2. The zero-order valence-electron chi connectivity index (χ0n) is 26.1. The molecule has 7 aromatic rings. The number of benzene rings is 5. The molecule has 0 unspecified atom stereocenters. The van der Waals surface area contributed by atoms with Crippen molar-refractivity contribution in [2.75, 3.05) is 8.61 Å². The summed E-state index contributed by atoms with van der Waals surface area (Å²) in [5.74, 6) is -1.72. The molecule has 7 rings (SSSR count). The van der Waals surface area contributed by atoms with Gasteiger partial charge in [0.15, 0.2) is 0 Å². The number of fused-ring (bicyclic) bond motifs is 2. The minimum atomic E-state index is -4.52. The molecule has 0 aliphatic carbocycles. The predicted molar refractivity (Wildman–Crippen MR) is 191 cm³/mol. The van der Waals surface area contributed by atoms with Gasteiger partial charge in [0.25, 0.3) is 31.9 Å². The molecule has 246 valence electrons. The first-order valence-electron chi connectivity index (χ1n) is 15.2. The summed E-state index contributed by atoms with van der Waals surface area (Å²) >= 11 is 0. The summed E-state index contributed by atoms with van der Waals surface area (Å²) in [5.41, 5.74) is -0.0464. The van der Waals surface area contributed by atoms with E-state index in [-0.39, 0.29) is 32.3 Å². The lowest BCUT2D eigenvalue weighted by Crippen LogP contribution is -2.38. The van der Waals surface area contributed by atoms with Crippen LogP contribution in [0, 0.1) is 0 Å². The fraction of sp³-hybridized carbons (Fsp3) is 0. The van der Waals surface area contributed by atoms with Crippen LogP contribution in [-0.2, 0) is 20.0 Å². The van der Waals surface area contributed by atoms with Crippen molar-refractivity contribution in [3.8, 4) is 0 Å². The van der Waals surface area contributed by atoms with Crippen LogP contribution < -0.4 is 8.61 Å². The minimum absolute atomic E-state index is 0.0572. The van der Waals surface area contributed by atoms with Crippen LogP contribution in [0.4, 0.5) is 11.4 Å². The van der Waals surface area contributed by atoms with Gasteiger partial charge in [0.1, 0.15) is 0 Å². The molecule has 5 aromatic carbocycles. The third-order valence-corrected chi connectivity index (χ3v) is 11.5. The second-order valence-electron chi connectivity index (χ2n) is 11.2. The molecule has 2 amide bonds. The molecule has 0 saturated heterocycles. The van der Waals surface area contributed by atoms with Gasteiger partial charge >= 0.3 is 0 Å². The summed E-state index contributed by atoms with van der Waals surface area (Å²) in [6.07, 6.45) is 5.49. The molecule has 0 aliphatic heterocycles. The molecule has 0 aliphatic rings. The Morgan fingerprint density at radius 2 is 0.760 bits per heavy atom. The van der Waals surface area contributed by atoms with E-state index in [1.54, 1.807) is 36.4 Å². The van der Waals surface area contributed by atoms with Crippen LogP contribution in [-0.4, -0.2) is 38.6 Å². The molecule has 50 heavy (non-hydrogen) atoms. The maximum atomic E-state index is 14.3. The number of anilines is 2. The molecule has 10 nitrogen and oxygen atoms in total. The van der Waals surface area contributed by atoms with Crippen LogP contribution in [0.1, 0.15) is 20.7 Å². The fourth-order valence-electron chi connectivity index (χ4n) is 5.54. The van der Waals surface area contributed by atoms with E-state index in [0.717, 1.165) is 10.8 Å². The van der Waals surface area contributed by atoms with Gasteiger partial charge in [-0.05, 0) is 94.3 Å². The van der Waals surface area contributed by atoms with Crippen molar-refractivity contribution in [2.24, 2.45) is 0 Å². The summed E-state index contributed by atoms with van der Waals surface area (Å²) < 4.78 is 58.4. The molecule has 0 atom stereocenters. The lowest BCUT2D eigenvalue weighted by molar-refractivity contribution is 0.0996. The number of hydrogen-bond acceptors (Lipinski definition) is 8. The highest BCUT2D eigenvalue weighted by molar-refractivity contribution is 7.94. The number of hydrogen-bond donors (Lipinski definition) is 0. The van der Waals surface area contributed by atoms with Crippen molar-refractivity contribution < 1.29 is 26.4 Å². The first-order chi connectivity index (χ1) is 24.1. The Morgan fingerprint density at radius 1 is 0.420 bits per heavy atom. The van der Waals surface area contributed by atoms with Crippen LogP contribution >= 0.6 is 0 Å². The van der Waals surface area contributed by atoms with Gasteiger partial charge in [0.2, 0.25) is 0 Å². The average Bonchev–Trinajstić information content (AvgIpc) is 3.15. The summed E-state index contributed by atoms with van der Waals surface area (Å²) in [7, 11) is -9.04. The van der Waals surface area contributed by atoms with Crippen LogP contribution in [0.2, 0.25) is 0 Å². The number of amides is 2. The fourth-order valence-corrected chi connectivity index (χ4v) is 8.44. The second-order valence-corrected chi connectivity index (χ2v) is 14.7. The number of carbonyl (C=O) groups is 2. The molecule has 0 radical (unpaired) electrons. The monoisotopic (exact) mass is 698 g/mol. The third-order valence-electron chi connectivity index (χ3n) is 8.06. The Kier molecular flexibility index (Phi) is 8.40. The highest BCUT2D eigenvalue weighted by Gasteiger charge is 2.35. The highest BCUT2D eigenvalue weighted by atomic mass is 32.2. The van der Waals surface area contributed by atoms with Gasteiger partial charge in [-0.15, -0.1) is 0 Å². The van der Waals surface area contributed by atoms with E-state index in [1.165, 1.54) is 97.6 Å². The van der Waals surface area contributed by atoms with Gasteiger partial charge in [0, 0.05) is 35.9 Å². The largest absolute Gasteiger partial charge is 0.272 e. The number of sulfonamides is 2. The first-order valence-corrected chi connectivity index (χ1v) is 18.1. The molecule has 0 fully saturated rings. The third kappa shape index (κ3) is 5.97. The highest BCUT2D eigenvalue weighted by Crippen LogP contribution is 2.33. The molecular weight excluding hydrogens is 673 g/mol. The van der Waals surface area contributed by atoms with E-state index >= 15 is 0 Å². The summed E-state index contributed by atoms with van der Waals surface area (Å²) in [6.45, 7) is 0. The first kappa shape index (κ1) is 32.3. The lowest BCUT2D eigenvalue weighted by Gasteiger charge is -2.25. The molecular formula is C38H26N4O6S2. The Morgan fingerprint density at radius 3 is 1.12 bits per heavy atom. The van der Waals surface area contributed by atoms with Crippen LogP contribution in [0.25, 0.3) is 21.5 Å². The van der Waals surface area contributed by atoms with Gasteiger partial charge in [-0.3, -0.25) is 19.6 Å². The molecule has 12 heteroatoms. The Labute approximate surface area is 288 Å². The van der Waals surface area contributed by atoms with E-state index in [0.29, 0.717) is 19.4 Å². The Hall–Kier alpha value is -6.24. The smallest absolute Gasteiger partial charge is 0.268 e. The van der Waals surface area contributed by atoms with Gasteiger partial charge in [-0.2, -0.15) is 8.61 Å². The summed E-state index contributed by atoms with van der Waals surface area (Å²) in [5, 5.41) is 2.94. The molecule has 0 saturated carbocycles. The van der Waals surface area contributed by atoms with E-state index < -0.39 is 31.9 Å². The number of rotatable bonds is 8. The SMILES string of the molecule is O=C(c1ccncc1)N(c1ccc(N(C(=O)c2ccncc2)S(=O)(=O)c2ccc3ccccc3c2)cc1)S(=O)(=O)c1ccc2ccccc2c1. The van der Waals surface area contributed by atoms with Gasteiger partial charge in [-0.1, -0.05) is 60.7 Å². The standard InChI is InChI=1S/C38H26N4O6S2/c43-37(29-17-21-39-22-18-29)41(49(45,46)35-15-9-27-5-1-3-7-31(27)25-35)33-11-13-34(14-12-33)42(38(44)30-19-23-40-24-20-30)50(47,48)36-16-10-28-6-2-4-8-32(28)26-36/h1-26H. The predicted octanol–water partition coefficient (Wildman–Crippen LogP) is 6.85. The zero-order chi connectivity index (χ0) is 34.9. The van der Waals surface area contributed by atoms with E-state index in [4.69, 9.17) is 0 Å². The summed E-state index contributed by atoms with van der Waals surface area (Å²) in [4.78, 5) is 35.5. The van der Waals surface area contributed by atoms with Gasteiger partial charge < -0.3 is 0 Å². The Bertz CT molecular complexity index is 2440. The van der Waals surface area contributed by atoms with E-state index in [2.05, 4.69) is 9.97 Å². The van der Waals surface area contributed by atoms with Crippen molar-refractivity contribution in [1.82, 2.24) is 9.97 Å². The van der Waals surface area contributed by atoms with Crippen LogP contribution in [0.3, 0.4) is 0 Å². The Balaban J connectivity index is 1.35. The number of aromatic nitrogens is 2. The van der Waals surface area contributed by atoms with E-state index in [1.807, 2.05) is 24.3 Å². The quantitative estimate of drug-likeness (QED) is 0.168. The van der Waals surface area contributed by atoms with Crippen LogP contribution in [0.15, 0.2) is 168 Å². The second kappa shape index (κ2) is 13.0. The molecule has 0 spiro atoms. The van der Waals surface area contributed by atoms with Crippen molar-refractivity contribution in [3.05, 3.63) is 169 Å². The maximum absolute atomic E-state index is 14.3. The topological polar surface area (TPSA) is 135 Å². The normalized spacial score (nSPS) is 11.7. The van der Waals surface area contributed by atoms with Gasteiger partial charge in [0.05, 0.1) is 21.2 Å². The lowest BCUT2D eigenvalue weighted by atomic mass is 10.1. The maximum Gasteiger partial charge on any atom is 0.272 e. The van der Waals surface area contributed by atoms with Crippen molar-refractivity contribution in [1.29, 1.82) is 0 Å².